The Morgan fingerprint density at radius 1 is 1.21 bits per heavy atom. The summed E-state index contributed by atoms with van der Waals surface area (Å²) in [4.78, 5) is 16.6. The van der Waals surface area contributed by atoms with Crippen molar-refractivity contribution < 1.29 is 18.3 Å². The van der Waals surface area contributed by atoms with E-state index in [4.69, 9.17) is 4.74 Å². The Hall–Kier alpha value is -1.53. The second-order valence-corrected chi connectivity index (χ2v) is 6.59. The zero-order valence-electron chi connectivity index (χ0n) is 13.7. The van der Waals surface area contributed by atoms with Gasteiger partial charge in [-0.05, 0) is 24.9 Å². The van der Waals surface area contributed by atoms with Gasteiger partial charge in [0.1, 0.15) is 6.10 Å². The minimum absolute atomic E-state index is 0.00158. The number of hydrogen-bond donors (Lipinski definition) is 0. The first-order chi connectivity index (χ1) is 11.6. The maximum atomic E-state index is 12.8. The SMILES string of the molecule is O=C([C@@H]1CCCN(Cc2ccccc2)C1)N1CCO[C@@H](C(F)F)C1. The number of alkyl halides is 2. The van der Waals surface area contributed by atoms with Gasteiger partial charge in [0.25, 0.3) is 6.43 Å². The fourth-order valence-corrected chi connectivity index (χ4v) is 3.53. The van der Waals surface area contributed by atoms with Crippen LogP contribution in [0.2, 0.25) is 0 Å². The molecule has 1 amide bonds. The minimum Gasteiger partial charge on any atom is -0.369 e. The van der Waals surface area contributed by atoms with Crippen molar-refractivity contribution in [3.63, 3.8) is 0 Å². The van der Waals surface area contributed by atoms with Crippen molar-refractivity contribution >= 4 is 5.91 Å². The van der Waals surface area contributed by atoms with Gasteiger partial charge < -0.3 is 9.64 Å². The van der Waals surface area contributed by atoms with Gasteiger partial charge in [-0.2, -0.15) is 0 Å². The van der Waals surface area contributed by atoms with E-state index >= 15 is 0 Å². The molecule has 1 aromatic carbocycles. The molecular formula is C18H24F2N2O2. The average Bonchev–Trinajstić information content (AvgIpc) is 2.62. The molecule has 2 saturated heterocycles. The van der Waals surface area contributed by atoms with Crippen LogP contribution in [-0.2, 0) is 16.1 Å². The first-order valence-electron chi connectivity index (χ1n) is 8.58. The molecule has 1 aromatic rings. The molecule has 2 aliphatic rings. The van der Waals surface area contributed by atoms with E-state index in [9.17, 15) is 13.6 Å². The Kier molecular flexibility index (Phi) is 5.79. The number of likely N-dealkylation sites (tertiary alicyclic amines) is 1. The monoisotopic (exact) mass is 338 g/mol. The van der Waals surface area contributed by atoms with Crippen LogP contribution in [0.5, 0.6) is 0 Å². The zero-order chi connectivity index (χ0) is 16.9. The van der Waals surface area contributed by atoms with E-state index in [2.05, 4.69) is 17.0 Å². The highest BCUT2D eigenvalue weighted by atomic mass is 19.3. The fourth-order valence-electron chi connectivity index (χ4n) is 3.53. The number of amides is 1. The summed E-state index contributed by atoms with van der Waals surface area (Å²) in [5.41, 5.74) is 1.23. The number of carbonyl (C=O) groups excluding carboxylic acids is 1. The lowest BCUT2D eigenvalue weighted by Crippen LogP contribution is -2.52. The second-order valence-electron chi connectivity index (χ2n) is 6.59. The molecule has 0 N–H and O–H groups in total. The van der Waals surface area contributed by atoms with Crippen molar-refractivity contribution in [1.29, 1.82) is 0 Å². The Morgan fingerprint density at radius 3 is 2.75 bits per heavy atom. The summed E-state index contributed by atoms with van der Waals surface area (Å²) in [5.74, 6) is -0.0967. The van der Waals surface area contributed by atoms with E-state index in [0.29, 0.717) is 13.1 Å². The van der Waals surface area contributed by atoms with Gasteiger partial charge in [-0.3, -0.25) is 9.69 Å². The zero-order valence-corrected chi connectivity index (χ0v) is 13.7. The minimum atomic E-state index is -2.54. The summed E-state index contributed by atoms with van der Waals surface area (Å²) >= 11 is 0. The normalized spacial score (nSPS) is 25.9. The molecule has 2 heterocycles. The second kappa shape index (κ2) is 8.03. The van der Waals surface area contributed by atoms with Gasteiger partial charge in [0.05, 0.1) is 19.1 Å². The van der Waals surface area contributed by atoms with Gasteiger partial charge in [0.2, 0.25) is 5.91 Å². The molecule has 0 aliphatic carbocycles. The molecule has 0 aromatic heterocycles. The highest BCUT2D eigenvalue weighted by Crippen LogP contribution is 2.22. The Balaban J connectivity index is 1.56. The lowest BCUT2D eigenvalue weighted by Gasteiger charge is -2.38. The number of hydrogen-bond acceptors (Lipinski definition) is 3. The van der Waals surface area contributed by atoms with Crippen molar-refractivity contribution in [3.05, 3.63) is 35.9 Å². The Morgan fingerprint density at radius 2 is 2.00 bits per heavy atom. The molecule has 132 valence electrons. The fraction of sp³-hybridized carbons (Fsp3) is 0.611. The van der Waals surface area contributed by atoms with Crippen LogP contribution in [0.1, 0.15) is 18.4 Å². The molecule has 2 fully saturated rings. The van der Waals surface area contributed by atoms with Crippen molar-refractivity contribution in [2.75, 3.05) is 32.8 Å². The summed E-state index contributed by atoms with van der Waals surface area (Å²) < 4.78 is 30.7. The summed E-state index contributed by atoms with van der Waals surface area (Å²) in [6, 6.07) is 10.2. The van der Waals surface area contributed by atoms with E-state index in [0.717, 1.165) is 25.9 Å². The van der Waals surface area contributed by atoms with Gasteiger partial charge in [0, 0.05) is 19.6 Å². The smallest absolute Gasteiger partial charge is 0.266 e. The molecule has 0 bridgehead atoms. The number of piperidine rings is 1. The van der Waals surface area contributed by atoms with Crippen LogP contribution in [-0.4, -0.2) is 61.0 Å². The van der Waals surface area contributed by atoms with Crippen LogP contribution in [0, 0.1) is 5.92 Å². The molecule has 0 unspecified atom stereocenters. The molecule has 0 spiro atoms. The maximum Gasteiger partial charge on any atom is 0.266 e. The Bertz CT molecular complexity index is 541. The number of nitrogens with zero attached hydrogens (tertiary/aromatic N) is 2. The van der Waals surface area contributed by atoms with Gasteiger partial charge in [-0.25, -0.2) is 8.78 Å². The Labute approximate surface area is 141 Å². The number of ether oxygens (including phenoxy) is 1. The lowest BCUT2D eigenvalue weighted by molar-refractivity contribution is -0.152. The third kappa shape index (κ3) is 4.30. The van der Waals surface area contributed by atoms with E-state index in [1.54, 1.807) is 4.90 Å². The maximum absolute atomic E-state index is 12.8. The van der Waals surface area contributed by atoms with Crippen LogP contribution in [0.3, 0.4) is 0 Å². The number of carbonyl (C=O) groups is 1. The molecule has 3 rings (SSSR count). The van der Waals surface area contributed by atoms with E-state index < -0.39 is 12.5 Å². The number of rotatable bonds is 4. The van der Waals surface area contributed by atoms with Crippen molar-refractivity contribution in [2.24, 2.45) is 5.92 Å². The molecule has 0 saturated carbocycles. The molecule has 24 heavy (non-hydrogen) atoms. The lowest BCUT2D eigenvalue weighted by atomic mass is 9.95. The summed E-state index contributed by atoms with van der Waals surface area (Å²) in [7, 11) is 0. The van der Waals surface area contributed by atoms with Gasteiger partial charge in [-0.1, -0.05) is 30.3 Å². The third-order valence-electron chi connectivity index (χ3n) is 4.79. The van der Waals surface area contributed by atoms with Crippen LogP contribution >= 0.6 is 0 Å². The van der Waals surface area contributed by atoms with Gasteiger partial charge in [0.15, 0.2) is 0 Å². The quantitative estimate of drug-likeness (QED) is 0.845. The van der Waals surface area contributed by atoms with Crippen molar-refractivity contribution in [1.82, 2.24) is 9.80 Å². The number of halogens is 2. The molecule has 2 aliphatic heterocycles. The molecule has 6 heteroatoms. The topological polar surface area (TPSA) is 32.8 Å². The molecule has 2 atom stereocenters. The van der Waals surface area contributed by atoms with Crippen molar-refractivity contribution in [2.45, 2.75) is 31.9 Å². The molecular weight excluding hydrogens is 314 g/mol. The van der Waals surface area contributed by atoms with Gasteiger partial charge >= 0.3 is 0 Å². The largest absolute Gasteiger partial charge is 0.369 e. The summed E-state index contributed by atoms with van der Waals surface area (Å²) in [6.45, 7) is 3.11. The average molecular weight is 338 g/mol. The van der Waals surface area contributed by atoms with E-state index in [1.807, 2.05) is 18.2 Å². The van der Waals surface area contributed by atoms with Crippen molar-refractivity contribution in [3.8, 4) is 0 Å². The van der Waals surface area contributed by atoms with Crippen LogP contribution in [0.4, 0.5) is 8.78 Å². The standard InChI is InChI=1S/C18H24F2N2O2/c19-17(20)16-13-22(9-10-24-16)18(23)15-7-4-8-21(12-15)11-14-5-2-1-3-6-14/h1-3,5-6,15-17H,4,7-13H2/t15-,16-/m1/s1. The van der Waals surface area contributed by atoms with E-state index in [-0.39, 0.29) is 25.0 Å². The highest BCUT2D eigenvalue weighted by Gasteiger charge is 2.34. The van der Waals surface area contributed by atoms with Gasteiger partial charge in [-0.15, -0.1) is 0 Å². The number of morpholine rings is 1. The molecule has 4 nitrogen and oxygen atoms in total. The van der Waals surface area contributed by atoms with Crippen LogP contribution < -0.4 is 0 Å². The first-order valence-corrected chi connectivity index (χ1v) is 8.58. The van der Waals surface area contributed by atoms with E-state index in [1.165, 1.54) is 5.56 Å². The molecule has 0 radical (unpaired) electrons. The van der Waals surface area contributed by atoms with Crippen LogP contribution in [0.25, 0.3) is 0 Å². The summed E-state index contributed by atoms with van der Waals surface area (Å²) in [6.07, 6.45) is -1.89. The third-order valence-corrected chi connectivity index (χ3v) is 4.79. The highest BCUT2D eigenvalue weighted by molar-refractivity contribution is 5.79. The summed E-state index contributed by atoms with van der Waals surface area (Å²) in [5, 5.41) is 0. The van der Waals surface area contributed by atoms with Crippen LogP contribution in [0.15, 0.2) is 30.3 Å². The predicted molar refractivity (Wildman–Crippen MR) is 86.8 cm³/mol. The first kappa shape index (κ1) is 17.3. The predicted octanol–water partition coefficient (Wildman–Crippen LogP) is 2.39. The number of benzene rings is 1.